The second-order valence-electron chi connectivity index (χ2n) is 3.71. The highest BCUT2D eigenvalue weighted by Crippen LogP contribution is 2.52. The van der Waals surface area contributed by atoms with Crippen LogP contribution in [0.4, 0.5) is 0 Å². The first kappa shape index (κ1) is 17.6. The van der Waals surface area contributed by atoms with Gasteiger partial charge in [-0.1, -0.05) is 34.8 Å². The molecule has 114 valence electrons. The van der Waals surface area contributed by atoms with Gasteiger partial charge in [0.15, 0.2) is 17.2 Å². The van der Waals surface area contributed by atoms with Crippen molar-refractivity contribution in [3.63, 3.8) is 0 Å². The van der Waals surface area contributed by atoms with Crippen LogP contribution in [0.2, 0.25) is 15.1 Å². The van der Waals surface area contributed by atoms with Crippen molar-refractivity contribution in [3.8, 4) is 17.2 Å². The smallest absolute Gasteiger partial charge is 0.308 e. The van der Waals surface area contributed by atoms with Crippen molar-refractivity contribution in [3.05, 3.63) is 15.1 Å². The molecule has 0 aromatic heterocycles. The van der Waals surface area contributed by atoms with Gasteiger partial charge >= 0.3 is 17.9 Å². The molecule has 0 bridgehead atoms. The van der Waals surface area contributed by atoms with Gasteiger partial charge in [0.25, 0.3) is 0 Å². The van der Waals surface area contributed by atoms with Gasteiger partial charge in [-0.25, -0.2) is 0 Å². The van der Waals surface area contributed by atoms with E-state index in [1.807, 2.05) is 0 Å². The van der Waals surface area contributed by atoms with Crippen molar-refractivity contribution >= 4 is 52.7 Å². The third-order valence-electron chi connectivity index (χ3n) is 1.93. The van der Waals surface area contributed by atoms with Crippen molar-refractivity contribution in [1.82, 2.24) is 0 Å². The Bertz CT molecular complexity index is 519. The second-order valence-corrected chi connectivity index (χ2v) is 4.84. The van der Waals surface area contributed by atoms with E-state index in [0.29, 0.717) is 0 Å². The van der Waals surface area contributed by atoms with Crippen molar-refractivity contribution < 1.29 is 28.6 Å². The number of rotatable bonds is 3. The zero-order valence-electron chi connectivity index (χ0n) is 11.1. The van der Waals surface area contributed by atoms with E-state index in [1.165, 1.54) is 0 Å². The first-order valence-corrected chi connectivity index (χ1v) is 6.54. The van der Waals surface area contributed by atoms with Crippen LogP contribution in [-0.2, 0) is 14.4 Å². The maximum absolute atomic E-state index is 11.1. The lowest BCUT2D eigenvalue weighted by Gasteiger charge is -2.16. The van der Waals surface area contributed by atoms with Gasteiger partial charge in [-0.3, -0.25) is 14.4 Å². The summed E-state index contributed by atoms with van der Waals surface area (Å²) in [6.07, 6.45) is 0. The second kappa shape index (κ2) is 6.98. The molecule has 0 radical (unpaired) electrons. The molecule has 1 aromatic rings. The SMILES string of the molecule is CC(=O)Oc1c(Cl)c(OC(C)=O)c(Cl)c(OC(C)=O)c1Cl. The molecule has 1 aromatic carbocycles. The van der Waals surface area contributed by atoms with Gasteiger partial charge in [0.05, 0.1) is 0 Å². The molecule has 0 unspecified atom stereocenters. The zero-order chi connectivity index (χ0) is 16.3. The third kappa shape index (κ3) is 4.23. The monoisotopic (exact) mass is 354 g/mol. The molecule has 9 heteroatoms. The number of esters is 3. The minimum atomic E-state index is -0.733. The van der Waals surface area contributed by atoms with Crippen LogP contribution < -0.4 is 14.2 Å². The van der Waals surface area contributed by atoms with Crippen molar-refractivity contribution in [2.75, 3.05) is 0 Å². The van der Waals surface area contributed by atoms with E-state index in [-0.39, 0.29) is 32.3 Å². The number of hydrogen-bond donors (Lipinski definition) is 0. The van der Waals surface area contributed by atoms with Gasteiger partial charge < -0.3 is 14.2 Å². The number of hydrogen-bond acceptors (Lipinski definition) is 6. The molecule has 1 rings (SSSR count). The maximum atomic E-state index is 11.1. The first-order chi connectivity index (χ1) is 9.65. The fourth-order valence-corrected chi connectivity index (χ4v) is 2.24. The molecule has 6 nitrogen and oxygen atoms in total. The summed E-state index contributed by atoms with van der Waals surface area (Å²) < 4.78 is 14.5. The predicted molar refractivity (Wildman–Crippen MR) is 75.4 cm³/mol. The summed E-state index contributed by atoms with van der Waals surface area (Å²) in [5, 5.41) is -0.899. The van der Waals surface area contributed by atoms with Crippen LogP contribution in [0.15, 0.2) is 0 Å². The number of carbonyl (C=O) groups is 3. The molecule has 0 aliphatic heterocycles. The largest absolute Gasteiger partial charge is 0.423 e. The molecule has 0 heterocycles. The summed E-state index contributed by atoms with van der Waals surface area (Å²) >= 11 is 17.9. The average Bonchev–Trinajstić information content (AvgIpc) is 2.35. The van der Waals surface area contributed by atoms with E-state index in [2.05, 4.69) is 0 Å². The van der Waals surface area contributed by atoms with Gasteiger partial charge in [0.2, 0.25) is 0 Å². The highest BCUT2D eigenvalue weighted by Gasteiger charge is 2.27. The van der Waals surface area contributed by atoms with Crippen LogP contribution in [0.5, 0.6) is 17.2 Å². The Morgan fingerprint density at radius 1 is 0.619 bits per heavy atom. The maximum Gasteiger partial charge on any atom is 0.308 e. The summed E-state index contributed by atoms with van der Waals surface area (Å²) in [5.41, 5.74) is 0. The van der Waals surface area contributed by atoms with Crippen LogP contribution in [0.25, 0.3) is 0 Å². The Hall–Kier alpha value is -1.50. The van der Waals surface area contributed by atoms with Crippen LogP contribution >= 0.6 is 34.8 Å². The summed E-state index contributed by atoms with van der Waals surface area (Å²) in [6, 6.07) is 0. The highest BCUT2D eigenvalue weighted by atomic mass is 35.5. The Morgan fingerprint density at radius 2 is 0.810 bits per heavy atom. The lowest BCUT2D eigenvalue weighted by molar-refractivity contribution is -0.132. The van der Waals surface area contributed by atoms with Crippen molar-refractivity contribution in [1.29, 1.82) is 0 Å². The number of benzene rings is 1. The van der Waals surface area contributed by atoms with Crippen LogP contribution in [0, 0.1) is 0 Å². The number of ether oxygens (including phenoxy) is 3. The lowest BCUT2D eigenvalue weighted by Crippen LogP contribution is -2.09. The van der Waals surface area contributed by atoms with E-state index < -0.39 is 17.9 Å². The minimum Gasteiger partial charge on any atom is -0.423 e. The molecule has 0 aliphatic rings. The Labute approximate surface area is 134 Å². The lowest BCUT2D eigenvalue weighted by atomic mass is 10.3. The van der Waals surface area contributed by atoms with E-state index in [9.17, 15) is 14.4 Å². The molecule has 0 aliphatic carbocycles. The summed E-state index contributed by atoms with van der Waals surface area (Å²) in [5.74, 6) is -3.19. The number of carbonyl (C=O) groups excluding carboxylic acids is 3. The quantitative estimate of drug-likeness (QED) is 0.610. The summed E-state index contributed by atoms with van der Waals surface area (Å²) in [6.45, 7) is 3.33. The van der Waals surface area contributed by atoms with Gasteiger partial charge in [0, 0.05) is 20.8 Å². The third-order valence-corrected chi connectivity index (χ3v) is 2.96. The molecular weight excluding hydrogens is 346 g/mol. The molecule has 0 saturated carbocycles. The van der Waals surface area contributed by atoms with Gasteiger partial charge in [-0.15, -0.1) is 0 Å². The molecule has 0 fully saturated rings. The molecule has 0 amide bonds. The molecule has 0 N–H and O–H groups in total. The first-order valence-electron chi connectivity index (χ1n) is 5.40. The molecule has 0 atom stereocenters. The van der Waals surface area contributed by atoms with Crippen molar-refractivity contribution in [2.45, 2.75) is 20.8 Å². The Balaban J connectivity index is 3.60. The van der Waals surface area contributed by atoms with Crippen LogP contribution in [0.3, 0.4) is 0 Å². The van der Waals surface area contributed by atoms with Gasteiger partial charge in [-0.05, 0) is 0 Å². The summed E-state index contributed by atoms with van der Waals surface area (Å²) in [4.78, 5) is 33.2. The van der Waals surface area contributed by atoms with E-state index in [1.54, 1.807) is 0 Å². The fourth-order valence-electron chi connectivity index (χ4n) is 1.30. The molecule has 0 saturated heterocycles. The van der Waals surface area contributed by atoms with E-state index in [4.69, 9.17) is 49.0 Å². The number of halogens is 3. The predicted octanol–water partition coefficient (Wildman–Crippen LogP) is 3.42. The molecule has 21 heavy (non-hydrogen) atoms. The Morgan fingerprint density at radius 3 is 0.952 bits per heavy atom. The highest BCUT2D eigenvalue weighted by molar-refractivity contribution is 6.44. The fraction of sp³-hybridized carbons (Fsp3) is 0.250. The zero-order valence-corrected chi connectivity index (χ0v) is 13.4. The molecular formula is C12H9Cl3O6. The standard InChI is InChI=1S/C12H9Cl3O6/c1-4(16)19-10-7(13)11(20-5(2)17)9(15)12(8(10)14)21-6(3)18/h1-3H3. The van der Waals surface area contributed by atoms with Gasteiger partial charge in [0.1, 0.15) is 15.1 Å². The Kier molecular flexibility index (Phi) is 5.83. The van der Waals surface area contributed by atoms with E-state index in [0.717, 1.165) is 20.8 Å². The van der Waals surface area contributed by atoms with E-state index >= 15 is 0 Å². The van der Waals surface area contributed by atoms with Crippen LogP contribution in [0.1, 0.15) is 20.8 Å². The normalized spacial score (nSPS) is 10.0. The minimum absolute atomic E-state index is 0.300. The average molecular weight is 356 g/mol. The van der Waals surface area contributed by atoms with Gasteiger partial charge in [-0.2, -0.15) is 0 Å². The summed E-state index contributed by atoms with van der Waals surface area (Å²) in [7, 11) is 0. The topological polar surface area (TPSA) is 78.9 Å². The van der Waals surface area contributed by atoms with Crippen molar-refractivity contribution in [2.24, 2.45) is 0 Å². The molecule has 0 spiro atoms. The van der Waals surface area contributed by atoms with Crippen LogP contribution in [-0.4, -0.2) is 17.9 Å².